The summed E-state index contributed by atoms with van der Waals surface area (Å²) in [5.41, 5.74) is 2.94. The fourth-order valence-electron chi connectivity index (χ4n) is 3.65. The summed E-state index contributed by atoms with van der Waals surface area (Å²) in [4.78, 5) is 35.3. The highest BCUT2D eigenvalue weighted by Gasteiger charge is 2.21. The van der Waals surface area contributed by atoms with Gasteiger partial charge in [-0.3, -0.25) is 14.5 Å². The van der Waals surface area contributed by atoms with Gasteiger partial charge in [-0.1, -0.05) is 36.0 Å². The van der Waals surface area contributed by atoms with Gasteiger partial charge in [0.05, 0.1) is 16.8 Å². The minimum atomic E-state index is 0.0659. The van der Waals surface area contributed by atoms with E-state index < -0.39 is 0 Å². The molecule has 1 fully saturated rings. The molecule has 0 unspecified atom stereocenters. The molecule has 4 rings (SSSR count). The Bertz CT molecular complexity index is 1050. The van der Waals surface area contributed by atoms with Gasteiger partial charge in [0.25, 0.3) is 5.91 Å². The van der Waals surface area contributed by atoms with Crippen LogP contribution in [0.2, 0.25) is 0 Å². The maximum Gasteiger partial charge on any atom is 0.253 e. The van der Waals surface area contributed by atoms with E-state index in [1.807, 2.05) is 47.4 Å². The van der Waals surface area contributed by atoms with Crippen LogP contribution in [0, 0.1) is 0 Å². The number of aromatic nitrogens is 1. The third-order valence-corrected chi connectivity index (χ3v) is 7.82. The van der Waals surface area contributed by atoms with Crippen molar-refractivity contribution in [1.29, 1.82) is 0 Å². The van der Waals surface area contributed by atoms with Crippen LogP contribution < -0.4 is 0 Å². The number of para-hydroxylation sites is 1. The molecule has 0 bridgehead atoms. The van der Waals surface area contributed by atoms with Gasteiger partial charge in [0.2, 0.25) is 5.91 Å². The Balaban J connectivity index is 1.31. The number of hydrogen-bond acceptors (Lipinski definition) is 6. The van der Waals surface area contributed by atoms with Crippen molar-refractivity contribution in [2.24, 2.45) is 0 Å². The number of rotatable bonds is 6. The average molecular weight is 469 g/mol. The molecule has 1 aromatic heterocycles. The molecule has 0 N–H and O–H groups in total. The van der Waals surface area contributed by atoms with Gasteiger partial charge in [0, 0.05) is 51.6 Å². The fourth-order valence-corrected chi connectivity index (χ4v) is 5.67. The van der Waals surface area contributed by atoms with E-state index in [9.17, 15) is 9.59 Å². The van der Waals surface area contributed by atoms with Gasteiger partial charge in [0.15, 0.2) is 4.34 Å². The zero-order valence-electron chi connectivity index (χ0n) is 18.5. The summed E-state index contributed by atoms with van der Waals surface area (Å²) >= 11 is 3.44. The number of amides is 2. The Hall–Kier alpha value is -2.42. The second kappa shape index (κ2) is 10.5. The van der Waals surface area contributed by atoms with E-state index in [1.54, 1.807) is 42.1 Å². The molecule has 2 heterocycles. The highest BCUT2D eigenvalue weighted by Crippen LogP contribution is 2.31. The van der Waals surface area contributed by atoms with Crippen LogP contribution in [0.25, 0.3) is 10.2 Å². The average Bonchev–Trinajstić information content (AvgIpc) is 3.08. The zero-order chi connectivity index (χ0) is 22.5. The van der Waals surface area contributed by atoms with Gasteiger partial charge >= 0.3 is 0 Å². The minimum Gasteiger partial charge on any atom is -0.348 e. The van der Waals surface area contributed by atoms with Crippen molar-refractivity contribution in [1.82, 2.24) is 19.7 Å². The number of carbonyl (C=O) groups excluding carboxylic acids is 2. The lowest BCUT2D eigenvalue weighted by Crippen LogP contribution is -2.39. The lowest BCUT2D eigenvalue weighted by molar-refractivity contribution is -0.129. The molecule has 1 aliphatic rings. The molecule has 0 aliphatic carbocycles. The van der Waals surface area contributed by atoms with E-state index in [1.165, 1.54) is 10.3 Å². The smallest absolute Gasteiger partial charge is 0.253 e. The normalized spacial score (nSPS) is 15.0. The highest BCUT2D eigenvalue weighted by molar-refractivity contribution is 8.00. The fraction of sp³-hybridized carbons (Fsp3) is 0.375. The van der Waals surface area contributed by atoms with E-state index in [-0.39, 0.29) is 11.8 Å². The van der Waals surface area contributed by atoms with Crippen LogP contribution in [-0.2, 0) is 10.5 Å². The quantitative estimate of drug-likeness (QED) is 0.515. The van der Waals surface area contributed by atoms with Crippen LogP contribution in [0.3, 0.4) is 0 Å². The van der Waals surface area contributed by atoms with Crippen molar-refractivity contribution >= 4 is 45.1 Å². The monoisotopic (exact) mass is 468 g/mol. The summed E-state index contributed by atoms with van der Waals surface area (Å²) in [6, 6.07) is 16.1. The topological polar surface area (TPSA) is 56.8 Å². The number of thiazole rings is 1. The molecule has 2 amide bonds. The Labute approximate surface area is 197 Å². The van der Waals surface area contributed by atoms with Crippen LogP contribution in [0.5, 0.6) is 0 Å². The van der Waals surface area contributed by atoms with E-state index in [2.05, 4.69) is 16.0 Å². The molecule has 0 spiro atoms. The summed E-state index contributed by atoms with van der Waals surface area (Å²) < 4.78 is 2.27. The zero-order valence-corrected chi connectivity index (χ0v) is 20.1. The first-order valence-corrected chi connectivity index (χ1v) is 12.6. The molecule has 1 saturated heterocycles. The second-order valence-electron chi connectivity index (χ2n) is 8.14. The van der Waals surface area contributed by atoms with E-state index in [0.29, 0.717) is 13.1 Å². The van der Waals surface area contributed by atoms with E-state index in [4.69, 9.17) is 0 Å². The van der Waals surface area contributed by atoms with E-state index in [0.717, 1.165) is 47.2 Å². The van der Waals surface area contributed by atoms with Crippen LogP contribution in [0.1, 0.15) is 22.3 Å². The van der Waals surface area contributed by atoms with Crippen molar-refractivity contribution < 1.29 is 9.59 Å². The van der Waals surface area contributed by atoms with Gasteiger partial charge in [-0.25, -0.2) is 4.98 Å². The summed E-state index contributed by atoms with van der Waals surface area (Å²) in [5.74, 6) is 0.993. The largest absolute Gasteiger partial charge is 0.348 e. The second-order valence-corrected chi connectivity index (χ2v) is 10.4. The van der Waals surface area contributed by atoms with Gasteiger partial charge in [-0.15, -0.1) is 11.3 Å². The number of fused-ring (bicyclic) bond motifs is 1. The SMILES string of the molecule is CN(C)C(=O)CN1CCCN(C(=O)c2ccc(CSc3nc4ccccc4s3)cc2)CC1. The number of nitrogens with zero attached hydrogens (tertiary/aromatic N) is 4. The number of benzene rings is 2. The van der Waals surface area contributed by atoms with Crippen molar-refractivity contribution in [2.45, 2.75) is 16.5 Å². The Kier molecular flexibility index (Phi) is 7.44. The molecule has 168 valence electrons. The molecule has 32 heavy (non-hydrogen) atoms. The Morgan fingerprint density at radius 1 is 1.03 bits per heavy atom. The number of hydrogen-bond donors (Lipinski definition) is 0. The van der Waals surface area contributed by atoms with Crippen LogP contribution in [-0.4, -0.2) is 78.3 Å². The van der Waals surface area contributed by atoms with E-state index >= 15 is 0 Å². The molecule has 1 aliphatic heterocycles. The molecule has 0 radical (unpaired) electrons. The van der Waals surface area contributed by atoms with Crippen LogP contribution >= 0.6 is 23.1 Å². The molecule has 0 atom stereocenters. The molecule has 0 saturated carbocycles. The standard InChI is InChI=1S/C24H28N4O2S2/c1-26(2)22(29)16-27-12-5-13-28(15-14-27)23(30)19-10-8-18(9-11-19)17-31-24-25-20-6-3-4-7-21(20)32-24/h3-4,6-11H,5,12-17H2,1-2H3. The van der Waals surface area contributed by atoms with Gasteiger partial charge in [-0.2, -0.15) is 0 Å². The molecule has 6 nitrogen and oxygen atoms in total. The summed E-state index contributed by atoms with van der Waals surface area (Å²) in [5, 5.41) is 0. The predicted octanol–water partition coefficient (Wildman–Crippen LogP) is 3.82. The summed E-state index contributed by atoms with van der Waals surface area (Å²) in [6.45, 7) is 3.35. The van der Waals surface area contributed by atoms with Crippen molar-refractivity contribution in [3.05, 3.63) is 59.7 Å². The molecular weight excluding hydrogens is 440 g/mol. The van der Waals surface area contributed by atoms with Gasteiger partial charge in [-0.05, 0) is 36.2 Å². The number of likely N-dealkylation sites (N-methyl/N-ethyl adjacent to an activating group) is 1. The number of thioether (sulfide) groups is 1. The lowest BCUT2D eigenvalue weighted by Gasteiger charge is -2.23. The third kappa shape index (κ3) is 5.68. The lowest BCUT2D eigenvalue weighted by atomic mass is 10.1. The Morgan fingerprint density at radius 2 is 1.81 bits per heavy atom. The molecule has 8 heteroatoms. The first kappa shape index (κ1) is 22.8. The highest BCUT2D eigenvalue weighted by atomic mass is 32.2. The molecule has 2 aromatic carbocycles. The summed E-state index contributed by atoms with van der Waals surface area (Å²) in [6.07, 6.45) is 0.878. The summed E-state index contributed by atoms with van der Waals surface area (Å²) in [7, 11) is 3.55. The van der Waals surface area contributed by atoms with Gasteiger partial charge < -0.3 is 9.80 Å². The maximum atomic E-state index is 13.0. The van der Waals surface area contributed by atoms with Crippen LogP contribution in [0.15, 0.2) is 52.9 Å². The first-order valence-electron chi connectivity index (χ1n) is 10.8. The minimum absolute atomic E-state index is 0.0659. The maximum absolute atomic E-state index is 13.0. The van der Waals surface area contributed by atoms with Crippen molar-refractivity contribution in [3.8, 4) is 0 Å². The molecular formula is C24H28N4O2S2. The predicted molar refractivity (Wildman–Crippen MR) is 131 cm³/mol. The van der Waals surface area contributed by atoms with Crippen molar-refractivity contribution in [3.63, 3.8) is 0 Å². The Morgan fingerprint density at radius 3 is 2.56 bits per heavy atom. The van der Waals surface area contributed by atoms with Crippen LogP contribution in [0.4, 0.5) is 0 Å². The third-order valence-electron chi connectivity index (χ3n) is 5.57. The van der Waals surface area contributed by atoms with Crippen molar-refractivity contribution in [2.75, 3.05) is 46.8 Å². The number of carbonyl (C=O) groups is 2. The van der Waals surface area contributed by atoms with Gasteiger partial charge in [0.1, 0.15) is 0 Å². The first-order chi connectivity index (χ1) is 15.5. The molecule has 3 aromatic rings.